The molecule has 0 spiro atoms. The number of ether oxygens (including phenoxy) is 6. The Morgan fingerprint density at radius 3 is 1.00 bits per heavy atom. The summed E-state index contributed by atoms with van der Waals surface area (Å²) in [4.78, 5) is 72.5. The molecule has 3 rings (SSSR count). The summed E-state index contributed by atoms with van der Waals surface area (Å²) in [7, 11) is 0. The van der Waals surface area contributed by atoms with Crippen LogP contribution >= 0.6 is 0 Å². The van der Waals surface area contributed by atoms with Crippen molar-refractivity contribution in [2.45, 2.75) is 197 Å². The van der Waals surface area contributed by atoms with Gasteiger partial charge in [0.1, 0.15) is 0 Å². The molecule has 75 heavy (non-hydrogen) atoms. The molecule has 0 amide bonds. The molecule has 2 atom stereocenters. The van der Waals surface area contributed by atoms with E-state index in [1.165, 1.54) is 38.5 Å². The Bertz CT molecular complexity index is 2030. The monoisotopic (exact) mass is 1040 g/mol. The Morgan fingerprint density at radius 1 is 0.333 bits per heavy atom. The lowest BCUT2D eigenvalue weighted by atomic mass is 9.97. The number of esters is 6. The van der Waals surface area contributed by atoms with E-state index in [0.717, 1.165) is 102 Å². The number of rotatable bonds is 36. The van der Waals surface area contributed by atoms with E-state index in [1.54, 1.807) is 72.8 Å². The van der Waals surface area contributed by atoms with Crippen LogP contribution in [0.2, 0.25) is 0 Å². The minimum Gasteiger partial charge on any atom is -0.462 e. The summed E-state index contributed by atoms with van der Waals surface area (Å²) in [6.45, 7) is 21.7. The fourth-order valence-corrected chi connectivity index (χ4v) is 7.61. The van der Waals surface area contributed by atoms with Gasteiger partial charge in [0.2, 0.25) is 0 Å². The van der Waals surface area contributed by atoms with Crippen molar-refractivity contribution in [2.24, 2.45) is 17.8 Å². The van der Waals surface area contributed by atoms with Crippen molar-refractivity contribution in [3.8, 4) is 0 Å². The Morgan fingerprint density at radius 2 is 0.653 bits per heavy atom. The summed E-state index contributed by atoms with van der Waals surface area (Å²) < 4.78 is 31.8. The fourth-order valence-electron chi connectivity index (χ4n) is 7.61. The largest absolute Gasteiger partial charge is 0.462 e. The molecule has 0 N–H and O–H groups in total. The third-order valence-electron chi connectivity index (χ3n) is 12.5. The van der Waals surface area contributed by atoms with Crippen LogP contribution in [0.25, 0.3) is 0 Å². The van der Waals surface area contributed by atoms with Crippen LogP contribution in [0.4, 0.5) is 0 Å². The highest BCUT2D eigenvalue weighted by Crippen LogP contribution is 2.19. The van der Waals surface area contributed by atoms with Crippen molar-refractivity contribution in [1.29, 1.82) is 0 Å². The Hall–Kier alpha value is -5.52. The van der Waals surface area contributed by atoms with Gasteiger partial charge in [-0.3, -0.25) is 0 Å². The summed E-state index contributed by atoms with van der Waals surface area (Å²) in [6.07, 6.45) is 22.2. The lowest BCUT2D eigenvalue weighted by Gasteiger charge is -2.16. The van der Waals surface area contributed by atoms with Gasteiger partial charge in [0.05, 0.1) is 73.0 Å². The summed E-state index contributed by atoms with van der Waals surface area (Å²) >= 11 is 0. The highest BCUT2D eigenvalue weighted by Gasteiger charge is 2.18. The van der Waals surface area contributed by atoms with E-state index in [2.05, 4.69) is 41.5 Å². The maximum Gasteiger partial charge on any atom is 0.338 e. The second kappa shape index (κ2) is 43.7. The maximum atomic E-state index is 12.3. The molecule has 3 aromatic rings. The van der Waals surface area contributed by atoms with Gasteiger partial charge in [-0.1, -0.05) is 170 Å². The summed E-state index contributed by atoms with van der Waals surface area (Å²) in [5, 5.41) is 0. The lowest BCUT2D eigenvalue weighted by molar-refractivity contribution is 0.0415. The summed E-state index contributed by atoms with van der Waals surface area (Å²) in [6, 6.07) is 19.7. The third kappa shape index (κ3) is 31.9. The number of carbonyl (C=O) groups excluding carboxylic acids is 6. The molecule has 0 bridgehead atoms. The average Bonchev–Trinajstić information content (AvgIpc) is 3.42. The quantitative estimate of drug-likeness (QED) is 0.0309. The first-order valence-corrected chi connectivity index (χ1v) is 28.6. The summed E-state index contributed by atoms with van der Waals surface area (Å²) in [5.41, 5.74) is 2.36. The predicted molar refractivity (Wildman–Crippen MR) is 300 cm³/mol. The average molecular weight is 1050 g/mol. The molecule has 0 saturated heterocycles. The van der Waals surface area contributed by atoms with Crippen LogP contribution < -0.4 is 0 Å². The van der Waals surface area contributed by atoms with Gasteiger partial charge in [-0.05, 0) is 117 Å². The molecule has 0 aliphatic rings. The molecule has 2 unspecified atom stereocenters. The Labute approximate surface area is 452 Å². The highest BCUT2D eigenvalue weighted by atomic mass is 16.6. The van der Waals surface area contributed by atoms with Crippen molar-refractivity contribution in [2.75, 3.05) is 39.6 Å². The van der Waals surface area contributed by atoms with Gasteiger partial charge in [-0.2, -0.15) is 0 Å². The molecule has 0 heterocycles. The maximum absolute atomic E-state index is 12.3. The van der Waals surface area contributed by atoms with E-state index in [1.807, 2.05) is 20.8 Å². The van der Waals surface area contributed by atoms with Crippen molar-refractivity contribution in [1.82, 2.24) is 0 Å². The van der Waals surface area contributed by atoms with Crippen LogP contribution in [0.1, 0.15) is 259 Å². The van der Waals surface area contributed by atoms with Gasteiger partial charge in [0, 0.05) is 0 Å². The van der Waals surface area contributed by atoms with Gasteiger partial charge < -0.3 is 28.4 Å². The van der Waals surface area contributed by atoms with E-state index in [4.69, 9.17) is 28.4 Å². The Kier molecular flexibility index (Phi) is 39.3. The zero-order valence-corrected chi connectivity index (χ0v) is 47.7. The normalized spacial score (nSPS) is 11.4. The van der Waals surface area contributed by atoms with Gasteiger partial charge in [-0.15, -0.1) is 0 Å². The molecule has 0 aromatic heterocycles. The van der Waals surface area contributed by atoms with E-state index < -0.39 is 17.9 Å². The predicted octanol–water partition coefficient (Wildman–Crippen LogP) is 16.2. The minimum atomic E-state index is -0.396. The zero-order chi connectivity index (χ0) is 55.5. The molecule has 0 aliphatic heterocycles. The molecule has 12 nitrogen and oxygen atoms in total. The molecular formula is C63H96O12. The second-order valence-corrected chi connectivity index (χ2v) is 19.7. The smallest absolute Gasteiger partial charge is 0.338 e. The molecule has 3 aromatic carbocycles. The van der Waals surface area contributed by atoms with Gasteiger partial charge in [-0.25, -0.2) is 28.8 Å². The van der Waals surface area contributed by atoms with Crippen LogP contribution in [0.15, 0.2) is 72.8 Å². The molecular weight excluding hydrogens is 949 g/mol. The molecule has 0 radical (unpaired) electrons. The first kappa shape index (κ1) is 67.5. The zero-order valence-electron chi connectivity index (χ0n) is 47.7. The van der Waals surface area contributed by atoms with Gasteiger partial charge in [0.15, 0.2) is 0 Å². The topological polar surface area (TPSA) is 158 Å². The number of hydrogen-bond donors (Lipinski definition) is 0. The molecule has 420 valence electrons. The molecule has 0 saturated carbocycles. The SMILES string of the molecule is CCCCCC(CCC)COC(=O)c1cccc(C(=O)OCCCC)c1.CCCCOC(=O)c1cccc(C(=O)OCC(CC)CCCC)c1.CCCCOC(=O)c1cccc(C(=O)OCCCCCCC(C)C)c1. The van der Waals surface area contributed by atoms with E-state index in [0.29, 0.717) is 84.9 Å². The van der Waals surface area contributed by atoms with E-state index in [-0.39, 0.29) is 17.9 Å². The first-order chi connectivity index (χ1) is 36.3. The Balaban J connectivity index is 0.000000563. The van der Waals surface area contributed by atoms with Crippen LogP contribution in [0.3, 0.4) is 0 Å². The number of hydrogen-bond acceptors (Lipinski definition) is 12. The van der Waals surface area contributed by atoms with Crippen molar-refractivity contribution < 1.29 is 57.2 Å². The van der Waals surface area contributed by atoms with Crippen molar-refractivity contribution >= 4 is 35.8 Å². The van der Waals surface area contributed by atoms with Gasteiger partial charge in [0.25, 0.3) is 0 Å². The first-order valence-electron chi connectivity index (χ1n) is 28.6. The number of benzene rings is 3. The highest BCUT2D eigenvalue weighted by molar-refractivity contribution is 5.97. The number of unbranched alkanes of at least 4 members (excludes halogenated alkanes) is 9. The fraction of sp³-hybridized carbons (Fsp3) is 0.619. The van der Waals surface area contributed by atoms with Gasteiger partial charge >= 0.3 is 35.8 Å². The second-order valence-electron chi connectivity index (χ2n) is 19.7. The molecule has 0 aliphatic carbocycles. The van der Waals surface area contributed by atoms with E-state index >= 15 is 0 Å². The third-order valence-corrected chi connectivity index (χ3v) is 12.5. The van der Waals surface area contributed by atoms with E-state index in [9.17, 15) is 28.8 Å². The molecule has 0 fully saturated rings. The minimum absolute atomic E-state index is 0.371. The lowest BCUT2D eigenvalue weighted by Crippen LogP contribution is -2.15. The summed E-state index contributed by atoms with van der Waals surface area (Å²) in [5.74, 6) is -0.756. The standard InChI is InChI=1S/C22H34O4.C21H32O4.C20H30O4/c1-4-7-9-12-18(11-6-3)17-26-22(24)20-14-10-13-19(16-20)21(23)25-15-8-5-2;1-4-5-14-24-20(22)18-12-10-13-19(16-18)21(23)25-15-9-7-6-8-11-17(2)3;1-4-7-10-16(6-3)15-24-20(22)18-12-9-11-17(14-18)19(21)23-13-8-5-2/h10,13-14,16,18H,4-9,11-12,15,17H2,1-3H3;10,12-13,16-17H,4-9,11,14-15H2,1-3H3;9,11-12,14,16H,4-8,10,13,15H2,1-3H3. The van der Waals surface area contributed by atoms with Crippen molar-refractivity contribution in [3.05, 3.63) is 106 Å². The van der Waals surface area contributed by atoms with Crippen LogP contribution in [-0.4, -0.2) is 75.5 Å². The van der Waals surface area contributed by atoms with Crippen LogP contribution in [0.5, 0.6) is 0 Å². The van der Waals surface area contributed by atoms with Crippen LogP contribution in [0, 0.1) is 17.8 Å². The van der Waals surface area contributed by atoms with Crippen molar-refractivity contribution in [3.63, 3.8) is 0 Å². The molecule has 12 heteroatoms. The number of carbonyl (C=O) groups is 6. The van der Waals surface area contributed by atoms with Crippen LogP contribution in [-0.2, 0) is 28.4 Å².